The molecule has 0 atom stereocenters. The van der Waals surface area contributed by atoms with Gasteiger partial charge in [-0.3, -0.25) is 9.78 Å². The van der Waals surface area contributed by atoms with E-state index >= 15 is 0 Å². The van der Waals surface area contributed by atoms with Crippen LogP contribution in [-0.4, -0.2) is 28.9 Å². The summed E-state index contributed by atoms with van der Waals surface area (Å²) >= 11 is 30.2. The van der Waals surface area contributed by atoms with Crippen LogP contribution in [0.5, 0.6) is 5.75 Å². The van der Waals surface area contributed by atoms with Crippen LogP contribution in [0.4, 0.5) is 0 Å². The molecule has 3 aromatic rings. The molecular formula is C21H15Cl5N2O2. The third kappa shape index (κ3) is 6.16. The van der Waals surface area contributed by atoms with Crippen molar-refractivity contribution in [1.82, 2.24) is 9.88 Å². The fraction of sp³-hybridized carbons (Fsp3) is 0.143. The van der Waals surface area contributed by atoms with Crippen LogP contribution in [0, 0.1) is 0 Å². The molecule has 0 radical (unpaired) electrons. The summed E-state index contributed by atoms with van der Waals surface area (Å²) in [6, 6.07) is 11.9. The van der Waals surface area contributed by atoms with Crippen molar-refractivity contribution in [2.24, 2.45) is 0 Å². The second kappa shape index (κ2) is 10.6. The lowest BCUT2D eigenvalue weighted by atomic mass is 10.2. The van der Waals surface area contributed by atoms with Gasteiger partial charge in [-0.15, -0.1) is 0 Å². The van der Waals surface area contributed by atoms with Crippen LogP contribution in [0.1, 0.15) is 15.9 Å². The summed E-state index contributed by atoms with van der Waals surface area (Å²) < 4.78 is 5.74. The summed E-state index contributed by atoms with van der Waals surface area (Å²) in [6.45, 7) is 0.769. The molecule has 0 unspecified atom stereocenters. The van der Waals surface area contributed by atoms with Gasteiger partial charge in [0.2, 0.25) is 0 Å². The van der Waals surface area contributed by atoms with Crippen LogP contribution in [0.2, 0.25) is 25.1 Å². The highest BCUT2D eigenvalue weighted by Gasteiger charge is 2.18. The number of nitrogens with zero attached hydrogens (tertiary/aromatic N) is 2. The van der Waals surface area contributed by atoms with Crippen molar-refractivity contribution in [3.05, 3.63) is 91.1 Å². The Labute approximate surface area is 199 Å². The van der Waals surface area contributed by atoms with Crippen LogP contribution in [0.25, 0.3) is 0 Å². The van der Waals surface area contributed by atoms with E-state index in [0.717, 1.165) is 5.56 Å². The molecule has 0 saturated heterocycles. The zero-order valence-electron chi connectivity index (χ0n) is 15.4. The first-order valence-corrected chi connectivity index (χ1v) is 10.6. The first kappa shape index (κ1) is 23.0. The van der Waals surface area contributed by atoms with E-state index in [4.69, 9.17) is 62.7 Å². The van der Waals surface area contributed by atoms with E-state index in [1.165, 1.54) is 12.4 Å². The zero-order chi connectivity index (χ0) is 21.7. The monoisotopic (exact) mass is 502 g/mol. The second-order valence-electron chi connectivity index (χ2n) is 6.29. The van der Waals surface area contributed by atoms with Crippen molar-refractivity contribution in [2.45, 2.75) is 6.54 Å². The Kier molecular flexibility index (Phi) is 8.09. The lowest BCUT2D eigenvalue weighted by molar-refractivity contribution is 0.0716. The second-order valence-corrected chi connectivity index (χ2v) is 8.42. The van der Waals surface area contributed by atoms with Gasteiger partial charge in [0.15, 0.2) is 5.75 Å². The van der Waals surface area contributed by atoms with E-state index in [9.17, 15) is 4.79 Å². The quantitative estimate of drug-likeness (QED) is 0.346. The molecule has 30 heavy (non-hydrogen) atoms. The SMILES string of the molecule is O=C(c1cncc(Cl)c1)N(CCOc1c(Cl)cc(Cl)cc1Cl)Cc1ccc(Cl)cc1. The highest BCUT2D eigenvalue weighted by Crippen LogP contribution is 2.35. The molecule has 4 nitrogen and oxygen atoms in total. The summed E-state index contributed by atoms with van der Waals surface area (Å²) in [4.78, 5) is 18.7. The molecular weight excluding hydrogens is 490 g/mol. The van der Waals surface area contributed by atoms with Crippen LogP contribution in [0.3, 0.4) is 0 Å². The van der Waals surface area contributed by atoms with E-state index in [0.29, 0.717) is 43.0 Å². The molecule has 0 spiro atoms. The fourth-order valence-corrected chi connectivity index (χ4v) is 3.92. The number of carbonyl (C=O) groups excluding carboxylic acids is 1. The van der Waals surface area contributed by atoms with E-state index in [1.807, 2.05) is 12.1 Å². The maximum atomic E-state index is 13.1. The smallest absolute Gasteiger partial charge is 0.255 e. The number of hydrogen-bond donors (Lipinski definition) is 0. The molecule has 0 saturated carbocycles. The van der Waals surface area contributed by atoms with Crippen LogP contribution in [0.15, 0.2) is 54.9 Å². The number of ether oxygens (including phenoxy) is 1. The molecule has 0 fully saturated rings. The van der Waals surface area contributed by atoms with Gasteiger partial charge in [-0.2, -0.15) is 0 Å². The number of aromatic nitrogens is 1. The van der Waals surface area contributed by atoms with Gasteiger partial charge >= 0.3 is 0 Å². The molecule has 0 aliphatic rings. The van der Waals surface area contributed by atoms with Crippen LogP contribution in [-0.2, 0) is 6.54 Å². The number of benzene rings is 2. The molecule has 1 heterocycles. The molecule has 1 aromatic heterocycles. The Morgan fingerprint density at radius 2 is 1.53 bits per heavy atom. The summed E-state index contributed by atoms with van der Waals surface area (Å²) in [7, 11) is 0. The Morgan fingerprint density at radius 1 is 0.867 bits per heavy atom. The Hall–Kier alpha value is -1.69. The van der Waals surface area contributed by atoms with Gasteiger partial charge in [0.05, 0.1) is 27.2 Å². The predicted octanol–water partition coefficient (Wildman–Crippen LogP) is 7.07. The Morgan fingerprint density at radius 3 is 2.17 bits per heavy atom. The van der Waals surface area contributed by atoms with E-state index < -0.39 is 0 Å². The van der Waals surface area contributed by atoms with Crippen molar-refractivity contribution < 1.29 is 9.53 Å². The summed E-state index contributed by atoms with van der Waals surface area (Å²) in [6.07, 6.45) is 2.94. The average molecular weight is 505 g/mol. The first-order chi connectivity index (χ1) is 14.3. The van der Waals surface area contributed by atoms with Gasteiger partial charge in [-0.05, 0) is 35.9 Å². The summed E-state index contributed by atoms with van der Waals surface area (Å²) in [5.74, 6) is 0.0721. The van der Waals surface area contributed by atoms with Gasteiger partial charge in [0.25, 0.3) is 5.91 Å². The third-order valence-corrected chi connectivity index (χ3v) is 5.33. The number of halogens is 5. The van der Waals surface area contributed by atoms with E-state index in [-0.39, 0.29) is 19.1 Å². The lowest BCUT2D eigenvalue weighted by Crippen LogP contribution is -2.34. The standard InChI is InChI=1S/C21H15Cl5N2O2/c22-15-3-1-13(2-4-15)12-28(21(29)14-7-17(24)11-27-10-14)5-6-30-20-18(25)8-16(23)9-19(20)26/h1-4,7-11H,5-6,12H2. The summed E-state index contributed by atoms with van der Waals surface area (Å²) in [5.41, 5.74) is 1.28. The largest absolute Gasteiger partial charge is 0.489 e. The molecule has 0 aliphatic carbocycles. The number of amides is 1. The van der Waals surface area contributed by atoms with E-state index in [1.54, 1.807) is 35.2 Å². The Bertz CT molecular complexity index is 1020. The van der Waals surface area contributed by atoms with Gasteiger partial charge in [-0.25, -0.2) is 0 Å². The minimum absolute atomic E-state index is 0.161. The molecule has 0 aliphatic heterocycles. The van der Waals surface area contributed by atoms with Gasteiger partial charge in [0, 0.05) is 29.0 Å². The van der Waals surface area contributed by atoms with Crippen molar-refractivity contribution in [2.75, 3.05) is 13.2 Å². The minimum atomic E-state index is -0.239. The molecule has 9 heteroatoms. The van der Waals surface area contributed by atoms with Crippen molar-refractivity contribution in [3.63, 3.8) is 0 Å². The van der Waals surface area contributed by atoms with Crippen LogP contribution < -0.4 is 4.74 Å². The first-order valence-electron chi connectivity index (χ1n) is 8.75. The molecule has 2 aromatic carbocycles. The van der Waals surface area contributed by atoms with Gasteiger partial charge in [0.1, 0.15) is 6.61 Å². The molecule has 1 amide bonds. The third-order valence-electron chi connectivity index (χ3n) is 4.10. The summed E-state index contributed by atoms with van der Waals surface area (Å²) in [5, 5.41) is 1.99. The highest BCUT2D eigenvalue weighted by atomic mass is 35.5. The van der Waals surface area contributed by atoms with Crippen molar-refractivity contribution in [3.8, 4) is 5.75 Å². The normalized spacial score (nSPS) is 10.7. The fourth-order valence-electron chi connectivity index (χ4n) is 2.70. The number of rotatable bonds is 7. The Balaban J connectivity index is 1.77. The topological polar surface area (TPSA) is 42.4 Å². The van der Waals surface area contributed by atoms with Crippen molar-refractivity contribution >= 4 is 63.9 Å². The average Bonchev–Trinajstić information content (AvgIpc) is 2.70. The van der Waals surface area contributed by atoms with Gasteiger partial charge < -0.3 is 9.64 Å². The molecule has 156 valence electrons. The maximum absolute atomic E-state index is 13.1. The number of carbonyl (C=O) groups is 1. The van der Waals surface area contributed by atoms with Crippen LogP contribution >= 0.6 is 58.0 Å². The zero-order valence-corrected chi connectivity index (χ0v) is 19.2. The molecule has 3 rings (SSSR count). The van der Waals surface area contributed by atoms with E-state index in [2.05, 4.69) is 4.98 Å². The van der Waals surface area contributed by atoms with Crippen molar-refractivity contribution in [1.29, 1.82) is 0 Å². The lowest BCUT2D eigenvalue weighted by Gasteiger charge is -2.23. The van der Waals surface area contributed by atoms with Gasteiger partial charge in [-0.1, -0.05) is 70.1 Å². The molecule has 0 bridgehead atoms. The maximum Gasteiger partial charge on any atom is 0.255 e. The predicted molar refractivity (Wildman–Crippen MR) is 122 cm³/mol. The molecule has 0 N–H and O–H groups in total. The highest BCUT2D eigenvalue weighted by molar-refractivity contribution is 6.40. The number of hydrogen-bond acceptors (Lipinski definition) is 3. The number of pyridine rings is 1. The minimum Gasteiger partial charge on any atom is -0.489 e.